The van der Waals surface area contributed by atoms with Gasteiger partial charge in [0.25, 0.3) is 0 Å². The third kappa shape index (κ3) is 3.20. The van der Waals surface area contributed by atoms with E-state index in [1.807, 2.05) is 38.1 Å². The molecule has 2 rings (SSSR count). The van der Waals surface area contributed by atoms with Crippen molar-refractivity contribution in [3.8, 4) is 5.75 Å². The Balaban J connectivity index is 2.09. The van der Waals surface area contributed by atoms with Crippen LogP contribution in [0.15, 0.2) is 24.3 Å². The maximum Gasteiger partial charge on any atom is 0.120 e. The van der Waals surface area contributed by atoms with E-state index in [9.17, 15) is 0 Å². The molecule has 0 radical (unpaired) electrons. The zero-order chi connectivity index (χ0) is 12.3. The molecule has 0 bridgehead atoms. The Morgan fingerprint density at radius 3 is 2.88 bits per heavy atom. The van der Waals surface area contributed by atoms with Crippen LogP contribution in [0, 0.1) is 0 Å². The van der Waals surface area contributed by atoms with Crippen LogP contribution in [-0.4, -0.2) is 18.8 Å². The number of hydrogen-bond donors (Lipinski definition) is 1. The molecule has 17 heavy (non-hydrogen) atoms. The number of hydrogen-bond acceptors (Lipinski definition) is 3. The molecule has 3 nitrogen and oxygen atoms in total. The Bertz CT molecular complexity index is 359. The molecule has 0 aromatic heterocycles. The standard InChI is InChI=1S/C14H21NO2/c1-10(2)17-12-6-3-5-11(9-12)14(15)13-7-4-8-16-13/h3,5-6,9-10,13-14H,4,7-8,15H2,1-2H3. The first-order valence-corrected chi connectivity index (χ1v) is 6.30. The lowest BCUT2D eigenvalue weighted by molar-refractivity contribution is 0.0899. The minimum Gasteiger partial charge on any atom is -0.491 e. The number of nitrogens with two attached hydrogens (primary N) is 1. The summed E-state index contributed by atoms with van der Waals surface area (Å²) < 4.78 is 11.3. The molecule has 0 spiro atoms. The van der Waals surface area contributed by atoms with Gasteiger partial charge in [-0.25, -0.2) is 0 Å². The van der Waals surface area contributed by atoms with Crippen molar-refractivity contribution < 1.29 is 9.47 Å². The van der Waals surface area contributed by atoms with Gasteiger partial charge in [0.2, 0.25) is 0 Å². The Kier molecular flexibility index (Phi) is 4.02. The summed E-state index contributed by atoms with van der Waals surface area (Å²) in [6, 6.07) is 7.97. The summed E-state index contributed by atoms with van der Waals surface area (Å²) in [5, 5.41) is 0. The van der Waals surface area contributed by atoms with Crippen LogP contribution in [-0.2, 0) is 4.74 Å². The summed E-state index contributed by atoms with van der Waals surface area (Å²) in [6.07, 6.45) is 2.50. The van der Waals surface area contributed by atoms with Crippen LogP contribution < -0.4 is 10.5 Å². The predicted octanol–water partition coefficient (Wildman–Crippen LogP) is 2.65. The van der Waals surface area contributed by atoms with Crippen molar-refractivity contribution in [2.24, 2.45) is 5.73 Å². The van der Waals surface area contributed by atoms with Gasteiger partial charge in [0.05, 0.1) is 18.2 Å². The molecule has 0 saturated carbocycles. The van der Waals surface area contributed by atoms with Crippen LogP contribution in [0.2, 0.25) is 0 Å². The van der Waals surface area contributed by atoms with Gasteiger partial charge in [0, 0.05) is 6.61 Å². The average Bonchev–Trinajstić information content (AvgIpc) is 2.81. The van der Waals surface area contributed by atoms with Crippen molar-refractivity contribution in [3.63, 3.8) is 0 Å². The lowest BCUT2D eigenvalue weighted by Gasteiger charge is -2.20. The second-order valence-corrected chi connectivity index (χ2v) is 4.82. The molecule has 0 amide bonds. The maximum atomic E-state index is 6.22. The van der Waals surface area contributed by atoms with E-state index in [1.54, 1.807) is 0 Å². The fourth-order valence-corrected chi connectivity index (χ4v) is 2.17. The lowest BCUT2D eigenvalue weighted by atomic mass is 10.0. The Morgan fingerprint density at radius 1 is 1.41 bits per heavy atom. The van der Waals surface area contributed by atoms with Gasteiger partial charge in [-0.05, 0) is 44.4 Å². The van der Waals surface area contributed by atoms with Crippen molar-refractivity contribution in [3.05, 3.63) is 29.8 Å². The highest BCUT2D eigenvalue weighted by atomic mass is 16.5. The van der Waals surface area contributed by atoms with E-state index in [4.69, 9.17) is 15.2 Å². The van der Waals surface area contributed by atoms with Gasteiger partial charge in [0.15, 0.2) is 0 Å². The average molecular weight is 235 g/mol. The molecule has 1 aliphatic heterocycles. The summed E-state index contributed by atoms with van der Waals surface area (Å²) in [4.78, 5) is 0. The van der Waals surface area contributed by atoms with Crippen molar-refractivity contribution >= 4 is 0 Å². The van der Waals surface area contributed by atoms with E-state index in [2.05, 4.69) is 0 Å². The first kappa shape index (κ1) is 12.4. The number of rotatable bonds is 4. The summed E-state index contributed by atoms with van der Waals surface area (Å²) in [5.74, 6) is 0.881. The van der Waals surface area contributed by atoms with Crippen molar-refractivity contribution in [2.75, 3.05) is 6.61 Å². The van der Waals surface area contributed by atoms with Gasteiger partial charge in [-0.1, -0.05) is 12.1 Å². The molecule has 1 heterocycles. The van der Waals surface area contributed by atoms with Gasteiger partial charge >= 0.3 is 0 Å². The van der Waals surface area contributed by atoms with E-state index in [0.717, 1.165) is 30.8 Å². The smallest absolute Gasteiger partial charge is 0.120 e. The fourth-order valence-electron chi connectivity index (χ4n) is 2.17. The third-order valence-corrected chi connectivity index (χ3v) is 2.98. The highest BCUT2D eigenvalue weighted by molar-refractivity contribution is 5.31. The molecule has 2 unspecified atom stereocenters. The lowest BCUT2D eigenvalue weighted by Crippen LogP contribution is -2.25. The molecule has 1 aliphatic rings. The van der Waals surface area contributed by atoms with Gasteiger partial charge in [0.1, 0.15) is 5.75 Å². The van der Waals surface area contributed by atoms with Crippen LogP contribution in [0.3, 0.4) is 0 Å². The molecular formula is C14H21NO2. The summed E-state index contributed by atoms with van der Waals surface area (Å²) in [5.41, 5.74) is 7.31. The maximum absolute atomic E-state index is 6.22. The van der Waals surface area contributed by atoms with Crippen LogP contribution in [0.5, 0.6) is 5.75 Å². The molecule has 1 fully saturated rings. The molecule has 1 aromatic rings. The zero-order valence-electron chi connectivity index (χ0n) is 10.6. The van der Waals surface area contributed by atoms with Crippen molar-refractivity contribution in [2.45, 2.75) is 44.9 Å². The third-order valence-electron chi connectivity index (χ3n) is 2.98. The molecule has 94 valence electrons. The number of benzene rings is 1. The van der Waals surface area contributed by atoms with E-state index in [-0.39, 0.29) is 18.2 Å². The van der Waals surface area contributed by atoms with Gasteiger partial charge in [-0.2, -0.15) is 0 Å². The zero-order valence-corrected chi connectivity index (χ0v) is 10.6. The first-order chi connectivity index (χ1) is 8.16. The summed E-state index contributed by atoms with van der Waals surface area (Å²) >= 11 is 0. The monoisotopic (exact) mass is 235 g/mol. The normalized spacial score (nSPS) is 21.8. The number of ether oxygens (including phenoxy) is 2. The molecular weight excluding hydrogens is 214 g/mol. The first-order valence-electron chi connectivity index (χ1n) is 6.30. The minimum absolute atomic E-state index is 0.0480. The van der Waals surface area contributed by atoms with E-state index >= 15 is 0 Å². The van der Waals surface area contributed by atoms with E-state index < -0.39 is 0 Å². The summed E-state index contributed by atoms with van der Waals surface area (Å²) in [6.45, 7) is 4.87. The summed E-state index contributed by atoms with van der Waals surface area (Å²) in [7, 11) is 0. The van der Waals surface area contributed by atoms with Crippen molar-refractivity contribution in [1.29, 1.82) is 0 Å². The second kappa shape index (κ2) is 5.52. The van der Waals surface area contributed by atoms with Crippen LogP contribution in [0.4, 0.5) is 0 Å². The van der Waals surface area contributed by atoms with Crippen LogP contribution in [0.1, 0.15) is 38.3 Å². The molecule has 1 aromatic carbocycles. The fraction of sp³-hybridized carbons (Fsp3) is 0.571. The van der Waals surface area contributed by atoms with Crippen LogP contribution >= 0.6 is 0 Å². The Morgan fingerprint density at radius 2 is 2.24 bits per heavy atom. The predicted molar refractivity (Wildman–Crippen MR) is 68.1 cm³/mol. The molecule has 2 atom stereocenters. The highest BCUT2D eigenvalue weighted by Crippen LogP contribution is 2.27. The molecule has 0 aliphatic carbocycles. The Hall–Kier alpha value is -1.06. The highest BCUT2D eigenvalue weighted by Gasteiger charge is 2.24. The SMILES string of the molecule is CC(C)Oc1cccc(C(N)C2CCCO2)c1. The topological polar surface area (TPSA) is 44.5 Å². The van der Waals surface area contributed by atoms with Gasteiger partial charge in [-0.3, -0.25) is 0 Å². The van der Waals surface area contributed by atoms with E-state index in [0.29, 0.717) is 0 Å². The van der Waals surface area contributed by atoms with Gasteiger partial charge in [-0.15, -0.1) is 0 Å². The Labute approximate surface area is 103 Å². The second-order valence-electron chi connectivity index (χ2n) is 4.82. The largest absolute Gasteiger partial charge is 0.491 e. The molecule has 3 heteroatoms. The van der Waals surface area contributed by atoms with Crippen LogP contribution in [0.25, 0.3) is 0 Å². The molecule has 1 saturated heterocycles. The quantitative estimate of drug-likeness (QED) is 0.872. The molecule has 2 N–H and O–H groups in total. The van der Waals surface area contributed by atoms with E-state index in [1.165, 1.54) is 0 Å². The minimum atomic E-state index is -0.0480. The van der Waals surface area contributed by atoms with Crippen molar-refractivity contribution in [1.82, 2.24) is 0 Å². The van der Waals surface area contributed by atoms with Gasteiger partial charge < -0.3 is 15.2 Å².